The predicted molar refractivity (Wildman–Crippen MR) is 121 cm³/mol. The quantitative estimate of drug-likeness (QED) is 0.623. The normalized spacial score (nSPS) is 25.8. The standard InChI is InChI=1S/C25H32N4O3/c1-28(10-3-11-30)23(31)12-19-15-29-21(4-2-5-22(29)27-19)24(32)26-16-25-9-8-17-6-7-18(13-25)20(17)14-25/h2,4-5,8,15,18,20,30H,3,6-7,9-14,16H2,1H3,(H,26,32). The number of fused-ring (bicyclic) bond motifs is 2. The zero-order valence-corrected chi connectivity index (χ0v) is 18.7. The van der Waals surface area contributed by atoms with Gasteiger partial charge in [0.25, 0.3) is 5.91 Å². The van der Waals surface area contributed by atoms with Gasteiger partial charge >= 0.3 is 0 Å². The Morgan fingerprint density at radius 2 is 2.22 bits per heavy atom. The highest BCUT2D eigenvalue weighted by molar-refractivity contribution is 5.93. The van der Waals surface area contributed by atoms with Crippen LogP contribution in [0, 0.1) is 17.3 Å². The second-order valence-electron chi connectivity index (χ2n) is 9.92. The summed E-state index contributed by atoms with van der Waals surface area (Å²) in [6.45, 7) is 1.29. The van der Waals surface area contributed by atoms with E-state index in [0.29, 0.717) is 36.5 Å². The number of hydrogen-bond donors (Lipinski definition) is 2. The molecular formula is C25H32N4O3. The summed E-state index contributed by atoms with van der Waals surface area (Å²) in [5, 5.41) is 12.2. The first-order valence-corrected chi connectivity index (χ1v) is 11.8. The number of pyridine rings is 1. The molecule has 0 aliphatic heterocycles. The van der Waals surface area contributed by atoms with E-state index in [1.807, 2.05) is 18.2 Å². The molecule has 2 aromatic heterocycles. The second kappa shape index (κ2) is 8.35. The van der Waals surface area contributed by atoms with Gasteiger partial charge in [-0.1, -0.05) is 17.7 Å². The number of hydrogen-bond acceptors (Lipinski definition) is 4. The van der Waals surface area contributed by atoms with E-state index in [9.17, 15) is 9.59 Å². The van der Waals surface area contributed by atoms with Crippen molar-refractivity contribution in [2.45, 2.75) is 44.9 Å². The lowest BCUT2D eigenvalue weighted by atomic mass is 9.76. The van der Waals surface area contributed by atoms with E-state index >= 15 is 0 Å². The molecule has 7 heteroatoms. The average Bonchev–Trinajstić information content (AvgIpc) is 3.44. The van der Waals surface area contributed by atoms with Crippen LogP contribution in [0.25, 0.3) is 5.65 Å². The smallest absolute Gasteiger partial charge is 0.268 e. The van der Waals surface area contributed by atoms with Crippen LogP contribution in [-0.4, -0.2) is 57.9 Å². The van der Waals surface area contributed by atoms with E-state index in [1.165, 1.54) is 25.7 Å². The Labute approximate surface area is 188 Å². The van der Waals surface area contributed by atoms with Crippen LogP contribution in [0.3, 0.4) is 0 Å². The third kappa shape index (κ3) is 3.83. The van der Waals surface area contributed by atoms with E-state index in [2.05, 4.69) is 16.4 Å². The number of aromatic nitrogens is 2. The number of amides is 2. The molecule has 2 heterocycles. The third-order valence-corrected chi connectivity index (χ3v) is 7.80. The Morgan fingerprint density at radius 1 is 1.34 bits per heavy atom. The van der Waals surface area contributed by atoms with Crippen LogP contribution in [0.15, 0.2) is 36.0 Å². The number of carbonyl (C=O) groups excluding carboxylic acids is 2. The van der Waals surface area contributed by atoms with Crippen molar-refractivity contribution in [2.24, 2.45) is 17.3 Å². The van der Waals surface area contributed by atoms with Gasteiger partial charge in [0.15, 0.2) is 0 Å². The Bertz CT molecular complexity index is 1070. The minimum atomic E-state index is -0.0906. The van der Waals surface area contributed by atoms with E-state index in [1.54, 1.807) is 28.1 Å². The maximum Gasteiger partial charge on any atom is 0.268 e. The van der Waals surface area contributed by atoms with E-state index < -0.39 is 0 Å². The van der Waals surface area contributed by atoms with Gasteiger partial charge in [-0.15, -0.1) is 0 Å². The Hall–Kier alpha value is -2.67. The molecule has 32 heavy (non-hydrogen) atoms. The molecule has 0 radical (unpaired) electrons. The first-order chi connectivity index (χ1) is 15.5. The van der Waals surface area contributed by atoms with Gasteiger partial charge in [0.1, 0.15) is 11.3 Å². The van der Waals surface area contributed by atoms with Crippen molar-refractivity contribution in [3.05, 3.63) is 47.4 Å². The van der Waals surface area contributed by atoms with Crippen molar-refractivity contribution in [3.63, 3.8) is 0 Å². The maximum absolute atomic E-state index is 13.1. The topological polar surface area (TPSA) is 86.9 Å². The molecule has 2 N–H and O–H groups in total. The van der Waals surface area contributed by atoms with Crippen LogP contribution in [-0.2, 0) is 11.2 Å². The number of nitrogens with zero attached hydrogens (tertiary/aromatic N) is 3. The molecule has 2 saturated carbocycles. The molecular weight excluding hydrogens is 404 g/mol. The number of carbonyl (C=O) groups is 2. The fourth-order valence-corrected chi connectivity index (χ4v) is 6.09. The second-order valence-corrected chi connectivity index (χ2v) is 9.92. The van der Waals surface area contributed by atoms with E-state index in [-0.39, 0.29) is 30.3 Å². The van der Waals surface area contributed by atoms with Gasteiger partial charge in [-0.2, -0.15) is 0 Å². The number of nitrogens with one attached hydrogen (secondary N) is 1. The number of allylic oxidation sites excluding steroid dienone is 2. The molecule has 0 saturated heterocycles. The highest BCUT2D eigenvalue weighted by Crippen LogP contribution is 2.59. The highest BCUT2D eigenvalue weighted by atomic mass is 16.3. The predicted octanol–water partition coefficient (Wildman–Crippen LogP) is 2.58. The van der Waals surface area contributed by atoms with Gasteiger partial charge in [0, 0.05) is 32.9 Å². The van der Waals surface area contributed by atoms with Gasteiger partial charge in [-0.3, -0.25) is 14.0 Å². The summed E-state index contributed by atoms with van der Waals surface area (Å²) in [4.78, 5) is 31.7. The number of likely N-dealkylation sites (N-methyl/N-ethyl adjacent to an activating group) is 1. The molecule has 3 unspecified atom stereocenters. The average molecular weight is 437 g/mol. The van der Waals surface area contributed by atoms with Crippen molar-refractivity contribution in [1.29, 1.82) is 0 Å². The minimum Gasteiger partial charge on any atom is -0.396 e. The van der Waals surface area contributed by atoms with Gasteiger partial charge in [-0.05, 0) is 67.9 Å². The lowest BCUT2D eigenvalue weighted by Crippen LogP contribution is -2.37. The highest BCUT2D eigenvalue weighted by Gasteiger charge is 2.50. The van der Waals surface area contributed by atoms with Crippen LogP contribution in [0.2, 0.25) is 0 Å². The molecule has 2 amide bonds. The van der Waals surface area contributed by atoms with E-state index in [4.69, 9.17) is 5.11 Å². The van der Waals surface area contributed by atoms with Crippen LogP contribution < -0.4 is 5.32 Å². The SMILES string of the molecule is CN(CCCO)C(=O)Cc1cn2c(C(=O)NCC34CC=C5CCC(C3)C5C4)cccc2n1. The largest absolute Gasteiger partial charge is 0.396 e. The van der Waals surface area contributed by atoms with Gasteiger partial charge < -0.3 is 15.3 Å². The zero-order valence-electron chi connectivity index (χ0n) is 18.7. The van der Waals surface area contributed by atoms with Crippen LogP contribution in [0.5, 0.6) is 0 Å². The van der Waals surface area contributed by atoms with Crippen LogP contribution in [0.1, 0.15) is 54.7 Å². The van der Waals surface area contributed by atoms with Gasteiger partial charge in [0.2, 0.25) is 5.91 Å². The molecule has 5 rings (SSSR count). The summed E-state index contributed by atoms with van der Waals surface area (Å²) >= 11 is 0. The number of aliphatic hydroxyl groups excluding tert-OH is 1. The Balaban J connectivity index is 1.27. The summed E-state index contributed by atoms with van der Waals surface area (Å²) in [6, 6.07) is 5.50. The molecule has 0 spiro atoms. The minimum absolute atomic E-state index is 0.0523. The number of aliphatic hydroxyl groups is 1. The van der Waals surface area contributed by atoms with Crippen molar-refractivity contribution in [2.75, 3.05) is 26.7 Å². The molecule has 3 aliphatic carbocycles. The Kier molecular flexibility index (Phi) is 5.53. The van der Waals surface area contributed by atoms with E-state index in [0.717, 1.165) is 18.3 Å². The molecule has 0 aromatic carbocycles. The van der Waals surface area contributed by atoms with Gasteiger partial charge in [-0.25, -0.2) is 4.98 Å². The maximum atomic E-state index is 13.1. The zero-order chi connectivity index (χ0) is 22.3. The molecule has 7 nitrogen and oxygen atoms in total. The number of rotatable bonds is 8. The summed E-state index contributed by atoms with van der Waals surface area (Å²) in [5.41, 5.74) is 3.73. The third-order valence-electron chi connectivity index (χ3n) is 7.80. The fraction of sp³-hybridized carbons (Fsp3) is 0.560. The molecule has 2 fully saturated rings. The fourth-order valence-electron chi connectivity index (χ4n) is 6.09. The number of imidazole rings is 1. The van der Waals surface area contributed by atoms with Gasteiger partial charge in [0.05, 0.1) is 12.1 Å². The molecule has 3 aliphatic rings. The van der Waals surface area contributed by atoms with Crippen LogP contribution >= 0.6 is 0 Å². The van der Waals surface area contributed by atoms with Crippen molar-refractivity contribution in [1.82, 2.24) is 19.6 Å². The molecule has 170 valence electrons. The molecule has 2 aromatic rings. The summed E-state index contributed by atoms with van der Waals surface area (Å²) in [7, 11) is 1.73. The lowest BCUT2D eigenvalue weighted by Gasteiger charge is -2.32. The monoisotopic (exact) mass is 436 g/mol. The van der Waals surface area contributed by atoms with Crippen molar-refractivity contribution < 1.29 is 14.7 Å². The van der Waals surface area contributed by atoms with Crippen molar-refractivity contribution >= 4 is 17.5 Å². The summed E-state index contributed by atoms with van der Waals surface area (Å²) < 4.78 is 1.78. The first kappa shape index (κ1) is 21.2. The van der Waals surface area contributed by atoms with Crippen molar-refractivity contribution in [3.8, 4) is 0 Å². The summed E-state index contributed by atoms with van der Waals surface area (Å²) in [5.74, 6) is 1.43. The molecule has 3 atom stereocenters. The Morgan fingerprint density at radius 3 is 3.06 bits per heavy atom. The molecule has 2 bridgehead atoms. The first-order valence-electron chi connectivity index (χ1n) is 11.8. The summed E-state index contributed by atoms with van der Waals surface area (Å²) in [6.07, 6.45) is 11.1. The van der Waals surface area contributed by atoms with Crippen LogP contribution in [0.4, 0.5) is 0 Å². The lowest BCUT2D eigenvalue weighted by molar-refractivity contribution is -0.129.